The number of carbonyl (C=O) groups excluding carboxylic acids is 2. The zero-order chi connectivity index (χ0) is 15.4. The van der Waals surface area contributed by atoms with Gasteiger partial charge in [0.05, 0.1) is 28.1 Å². The predicted molar refractivity (Wildman–Crippen MR) is 81.7 cm³/mol. The van der Waals surface area contributed by atoms with Gasteiger partial charge < -0.3 is 9.64 Å². The van der Waals surface area contributed by atoms with Crippen LogP contribution in [-0.4, -0.2) is 36.5 Å². The van der Waals surface area contributed by atoms with Crippen molar-refractivity contribution in [3.63, 3.8) is 0 Å². The number of carbonyl (C=O) groups is 2. The van der Waals surface area contributed by atoms with Crippen molar-refractivity contribution in [3.8, 4) is 0 Å². The van der Waals surface area contributed by atoms with Crippen molar-refractivity contribution in [2.24, 2.45) is 5.92 Å². The lowest BCUT2D eigenvalue weighted by atomic mass is 9.96. The van der Waals surface area contributed by atoms with Gasteiger partial charge >= 0.3 is 5.97 Å². The first-order valence-corrected chi connectivity index (χ1v) is 7.70. The van der Waals surface area contributed by atoms with E-state index in [0.717, 1.165) is 0 Å². The molecule has 0 radical (unpaired) electrons. The second-order valence-electron chi connectivity index (χ2n) is 4.92. The number of esters is 1. The van der Waals surface area contributed by atoms with Crippen LogP contribution in [0.25, 0.3) is 0 Å². The van der Waals surface area contributed by atoms with Gasteiger partial charge in [0.2, 0.25) is 0 Å². The first-order valence-electron chi connectivity index (χ1n) is 6.94. The maximum atomic E-state index is 12.4. The van der Waals surface area contributed by atoms with Gasteiger partial charge in [-0.2, -0.15) is 0 Å². The maximum Gasteiger partial charge on any atom is 0.309 e. The van der Waals surface area contributed by atoms with E-state index in [-0.39, 0.29) is 22.8 Å². The summed E-state index contributed by atoms with van der Waals surface area (Å²) in [5.74, 6) is -0.445. The predicted octanol–water partition coefficient (Wildman–Crippen LogP) is 3.41. The summed E-state index contributed by atoms with van der Waals surface area (Å²) < 4.78 is 5.02. The standard InChI is InChI=1S/C15H17Cl2NO3/c1-2-21-15(20)10-6-8-18(9-7-10)14(19)11-4-3-5-12(16)13(11)17/h3-5,10H,2,6-9H2,1H3. The highest BCUT2D eigenvalue weighted by molar-refractivity contribution is 6.43. The van der Waals surface area contributed by atoms with Crippen LogP contribution >= 0.6 is 23.2 Å². The fraction of sp³-hybridized carbons (Fsp3) is 0.467. The SMILES string of the molecule is CCOC(=O)C1CCN(C(=O)c2cccc(Cl)c2Cl)CC1. The van der Waals surface area contributed by atoms with E-state index in [1.165, 1.54) is 0 Å². The molecule has 1 aliphatic heterocycles. The molecule has 0 bridgehead atoms. The third-order valence-electron chi connectivity index (χ3n) is 3.58. The molecule has 6 heteroatoms. The number of likely N-dealkylation sites (tertiary alicyclic amines) is 1. The summed E-state index contributed by atoms with van der Waals surface area (Å²) in [6, 6.07) is 5.01. The van der Waals surface area contributed by atoms with Crippen molar-refractivity contribution in [2.75, 3.05) is 19.7 Å². The molecule has 1 aromatic rings. The van der Waals surface area contributed by atoms with E-state index in [1.807, 2.05) is 0 Å². The van der Waals surface area contributed by atoms with Gasteiger partial charge in [0.25, 0.3) is 5.91 Å². The number of ether oxygens (including phenoxy) is 1. The van der Waals surface area contributed by atoms with Crippen molar-refractivity contribution >= 4 is 35.1 Å². The Hall–Kier alpha value is -1.26. The molecule has 0 atom stereocenters. The molecule has 0 unspecified atom stereocenters. The highest BCUT2D eigenvalue weighted by Gasteiger charge is 2.29. The van der Waals surface area contributed by atoms with Crippen LogP contribution in [0, 0.1) is 5.92 Å². The van der Waals surface area contributed by atoms with E-state index in [2.05, 4.69) is 0 Å². The van der Waals surface area contributed by atoms with Gasteiger partial charge in [0.1, 0.15) is 0 Å². The molecule has 1 aliphatic rings. The Balaban J connectivity index is 2.00. The molecular weight excluding hydrogens is 313 g/mol. The number of hydrogen-bond acceptors (Lipinski definition) is 3. The molecular formula is C15H17Cl2NO3. The van der Waals surface area contributed by atoms with Gasteiger partial charge in [0.15, 0.2) is 0 Å². The second-order valence-corrected chi connectivity index (χ2v) is 5.71. The van der Waals surface area contributed by atoms with Crippen molar-refractivity contribution in [1.82, 2.24) is 4.90 Å². The van der Waals surface area contributed by atoms with Crippen LogP contribution in [0.4, 0.5) is 0 Å². The first-order chi connectivity index (χ1) is 10.0. The molecule has 0 N–H and O–H groups in total. The third kappa shape index (κ3) is 3.69. The minimum absolute atomic E-state index is 0.121. The Morgan fingerprint density at radius 1 is 1.29 bits per heavy atom. The molecule has 1 amide bonds. The summed E-state index contributed by atoms with van der Waals surface area (Å²) in [6.45, 7) is 3.21. The van der Waals surface area contributed by atoms with Crippen LogP contribution in [-0.2, 0) is 9.53 Å². The molecule has 1 saturated heterocycles. The smallest absolute Gasteiger partial charge is 0.309 e. The average Bonchev–Trinajstić information content (AvgIpc) is 2.50. The molecule has 0 saturated carbocycles. The van der Waals surface area contributed by atoms with Gasteiger partial charge in [-0.1, -0.05) is 29.3 Å². The molecule has 0 aliphatic carbocycles. The molecule has 2 rings (SSSR count). The number of nitrogens with zero attached hydrogens (tertiary/aromatic N) is 1. The number of halogens is 2. The largest absolute Gasteiger partial charge is 0.466 e. The van der Waals surface area contributed by atoms with E-state index in [0.29, 0.717) is 43.1 Å². The van der Waals surface area contributed by atoms with E-state index >= 15 is 0 Å². The van der Waals surface area contributed by atoms with Crippen LogP contribution in [0.2, 0.25) is 10.0 Å². The summed E-state index contributed by atoms with van der Waals surface area (Å²) in [6.07, 6.45) is 1.23. The fourth-order valence-corrected chi connectivity index (χ4v) is 2.80. The Labute approximate surface area is 134 Å². The molecule has 1 heterocycles. The van der Waals surface area contributed by atoms with Crippen molar-refractivity contribution < 1.29 is 14.3 Å². The summed E-state index contributed by atoms with van der Waals surface area (Å²) in [5.41, 5.74) is 0.402. The number of hydrogen-bond donors (Lipinski definition) is 0. The topological polar surface area (TPSA) is 46.6 Å². The third-order valence-corrected chi connectivity index (χ3v) is 4.40. The zero-order valence-corrected chi connectivity index (χ0v) is 13.3. The summed E-state index contributed by atoms with van der Waals surface area (Å²) in [5, 5.41) is 0.639. The van der Waals surface area contributed by atoms with Gasteiger partial charge in [-0.05, 0) is 31.9 Å². The Kier molecular flexibility index (Phi) is 5.48. The minimum atomic E-state index is -0.176. The highest BCUT2D eigenvalue weighted by Crippen LogP contribution is 2.28. The van der Waals surface area contributed by atoms with Crippen LogP contribution in [0.1, 0.15) is 30.1 Å². The quantitative estimate of drug-likeness (QED) is 0.798. The highest BCUT2D eigenvalue weighted by atomic mass is 35.5. The molecule has 0 aromatic heterocycles. The summed E-state index contributed by atoms with van der Waals surface area (Å²) >= 11 is 12.0. The number of piperidine rings is 1. The zero-order valence-electron chi connectivity index (χ0n) is 11.8. The van der Waals surface area contributed by atoms with Crippen LogP contribution in [0.15, 0.2) is 18.2 Å². The summed E-state index contributed by atoms with van der Waals surface area (Å²) in [7, 11) is 0. The molecule has 1 fully saturated rings. The average molecular weight is 330 g/mol. The monoisotopic (exact) mass is 329 g/mol. The lowest BCUT2D eigenvalue weighted by Gasteiger charge is -2.31. The van der Waals surface area contributed by atoms with Crippen molar-refractivity contribution in [1.29, 1.82) is 0 Å². The molecule has 0 spiro atoms. The van der Waals surface area contributed by atoms with Crippen LogP contribution < -0.4 is 0 Å². The minimum Gasteiger partial charge on any atom is -0.466 e. The Morgan fingerprint density at radius 3 is 2.57 bits per heavy atom. The molecule has 21 heavy (non-hydrogen) atoms. The van der Waals surface area contributed by atoms with Crippen LogP contribution in [0.5, 0.6) is 0 Å². The fourth-order valence-electron chi connectivity index (χ4n) is 2.42. The maximum absolute atomic E-state index is 12.4. The normalized spacial score (nSPS) is 15.9. The van der Waals surface area contributed by atoms with Crippen molar-refractivity contribution in [3.05, 3.63) is 33.8 Å². The van der Waals surface area contributed by atoms with E-state index < -0.39 is 0 Å². The first kappa shape index (κ1) is 16.1. The molecule has 114 valence electrons. The number of rotatable bonds is 3. The van der Waals surface area contributed by atoms with Crippen molar-refractivity contribution in [2.45, 2.75) is 19.8 Å². The van der Waals surface area contributed by atoms with E-state index in [1.54, 1.807) is 30.0 Å². The van der Waals surface area contributed by atoms with Gasteiger partial charge in [0, 0.05) is 13.1 Å². The Bertz CT molecular complexity index is 540. The van der Waals surface area contributed by atoms with Gasteiger partial charge in [-0.15, -0.1) is 0 Å². The Morgan fingerprint density at radius 2 is 1.95 bits per heavy atom. The lowest BCUT2D eigenvalue weighted by molar-refractivity contribution is -0.149. The molecule has 4 nitrogen and oxygen atoms in total. The van der Waals surface area contributed by atoms with E-state index in [9.17, 15) is 9.59 Å². The van der Waals surface area contributed by atoms with Gasteiger partial charge in [-0.3, -0.25) is 9.59 Å². The van der Waals surface area contributed by atoms with Crippen LogP contribution in [0.3, 0.4) is 0 Å². The molecule has 1 aromatic carbocycles. The second kappa shape index (κ2) is 7.14. The van der Waals surface area contributed by atoms with E-state index in [4.69, 9.17) is 27.9 Å². The number of benzene rings is 1. The number of amides is 1. The van der Waals surface area contributed by atoms with Gasteiger partial charge in [-0.25, -0.2) is 0 Å². The summed E-state index contributed by atoms with van der Waals surface area (Å²) in [4.78, 5) is 25.8. The lowest BCUT2D eigenvalue weighted by Crippen LogP contribution is -2.40.